The number of fused-ring (bicyclic) bond motifs is 2. The lowest BCUT2D eigenvalue weighted by Crippen LogP contribution is -2.53. The lowest BCUT2D eigenvalue weighted by atomic mass is 9.88. The standard InChI is InChI=1S/C24H29N5O3/c1-17-13-20(31-18(17)2)15-28-10-6-24(7-11-28)23-26-9-12-29(23)16-21(32-24)22(30)27-14-19-5-3-4-8-25-19/h3-5,8-9,12-13,21H,6-7,10-11,14-16H2,1-2H3,(H,27,30)/t21-/m1/s1. The van der Waals surface area contributed by atoms with Gasteiger partial charge in [0.1, 0.15) is 22.9 Å². The van der Waals surface area contributed by atoms with Gasteiger partial charge < -0.3 is 19.0 Å². The summed E-state index contributed by atoms with van der Waals surface area (Å²) in [5, 5.41) is 2.98. The highest BCUT2D eigenvalue weighted by Crippen LogP contribution is 2.40. The van der Waals surface area contributed by atoms with Gasteiger partial charge in [-0.25, -0.2) is 4.98 Å². The Morgan fingerprint density at radius 2 is 2.06 bits per heavy atom. The third-order valence-electron chi connectivity index (χ3n) is 6.58. The first-order valence-corrected chi connectivity index (χ1v) is 11.2. The second-order valence-corrected chi connectivity index (χ2v) is 8.77. The van der Waals surface area contributed by atoms with E-state index in [9.17, 15) is 4.79 Å². The summed E-state index contributed by atoms with van der Waals surface area (Å²) in [6, 6.07) is 7.79. The monoisotopic (exact) mass is 435 g/mol. The summed E-state index contributed by atoms with van der Waals surface area (Å²) in [7, 11) is 0. The quantitative estimate of drug-likeness (QED) is 0.663. The number of carbonyl (C=O) groups excluding carboxylic acids is 1. The van der Waals surface area contributed by atoms with Crippen LogP contribution in [0.2, 0.25) is 0 Å². The number of likely N-dealkylation sites (tertiary alicyclic amines) is 1. The van der Waals surface area contributed by atoms with Gasteiger partial charge in [-0.2, -0.15) is 0 Å². The van der Waals surface area contributed by atoms with Crippen LogP contribution < -0.4 is 5.32 Å². The highest BCUT2D eigenvalue weighted by molar-refractivity contribution is 5.80. The van der Waals surface area contributed by atoms with Crippen LogP contribution in [0.25, 0.3) is 0 Å². The van der Waals surface area contributed by atoms with Crippen molar-refractivity contribution in [3.63, 3.8) is 0 Å². The van der Waals surface area contributed by atoms with Gasteiger partial charge in [-0.1, -0.05) is 6.07 Å². The number of aromatic nitrogens is 3. The van der Waals surface area contributed by atoms with Crippen LogP contribution in [-0.2, 0) is 34.8 Å². The van der Waals surface area contributed by atoms with Gasteiger partial charge in [-0.15, -0.1) is 0 Å². The Hall–Kier alpha value is -2.97. The van der Waals surface area contributed by atoms with E-state index in [1.807, 2.05) is 31.3 Å². The summed E-state index contributed by atoms with van der Waals surface area (Å²) in [6.45, 7) is 7.43. The number of piperidine rings is 1. The number of furan rings is 1. The van der Waals surface area contributed by atoms with Crippen molar-refractivity contribution >= 4 is 5.91 Å². The zero-order valence-corrected chi connectivity index (χ0v) is 18.6. The molecule has 168 valence electrons. The molecule has 0 aliphatic carbocycles. The van der Waals surface area contributed by atoms with Crippen molar-refractivity contribution in [2.45, 2.75) is 58.0 Å². The van der Waals surface area contributed by atoms with Crippen LogP contribution in [0.5, 0.6) is 0 Å². The molecule has 0 bridgehead atoms. The van der Waals surface area contributed by atoms with Gasteiger partial charge in [-0.3, -0.25) is 14.7 Å². The van der Waals surface area contributed by atoms with Gasteiger partial charge >= 0.3 is 0 Å². The molecule has 3 aromatic heterocycles. The van der Waals surface area contributed by atoms with E-state index >= 15 is 0 Å². The van der Waals surface area contributed by atoms with Gasteiger partial charge in [0.15, 0.2) is 6.10 Å². The molecule has 2 aliphatic heterocycles. The van der Waals surface area contributed by atoms with Crippen molar-refractivity contribution in [2.75, 3.05) is 13.1 Å². The molecule has 8 nitrogen and oxygen atoms in total. The zero-order valence-electron chi connectivity index (χ0n) is 18.6. The van der Waals surface area contributed by atoms with Crippen molar-refractivity contribution in [2.24, 2.45) is 0 Å². The average molecular weight is 436 g/mol. The maximum absolute atomic E-state index is 12.9. The Kier molecular flexibility index (Phi) is 5.57. The molecule has 1 amide bonds. The number of imidazole rings is 1. The fraction of sp³-hybridized carbons (Fsp3) is 0.458. The third kappa shape index (κ3) is 4.08. The number of pyridine rings is 1. The van der Waals surface area contributed by atoms with Crippen LogP contribution in [0.15, 0.2) is 47.3 Å². The Bertz CT molecular complexity index is 1060. The molecule has 8 heteroatoms. The summed E-state index contributed by atoms with van der Waals surface area (Å²) >= 11 is 0. The van der Waals surface area contributed by atoms with E-state index in [1.54, 1.807) is 12.4 Å². The molecule has 1 N–H and O–H groups in total. The molecule has 2 aliphatic rings. The van der Waals surface area contributed by atoms with Gasteiger partial charge in [-0.05, 0) is 50.5 Å². The zero-order chi connectivity index (χ0) is 22.1. The van der Waals surface area contributed by atoms with E-state index in [0.717, 1.165) is 55.5 Å². The number of ether oxygens (including phenoxy) is 1. The van der Waals surface area contributed by atoms with E-state index in [-0.39, 0.29) is 5.91 Å². The predicted molar refractivity (Wildman–Crippen MR) is 118 cm³/mol. The van der Waals surface area contributed by atoms with Crippen molar-refractivity contribution in [3.8, 4) is 0 Å². The summed E-state index contributed by atoms with van der Waals surface area (Å²) < 4.78 is 14.4. The fourth-order valence-corrected chi connectivity index (χ4v) is 4.69. The average Bonchev–Trinajstić information content (AvgIpc) is 3.41. The molecule has 0 saturated carbocycles. The third-order valence-corrected chi connectivity index (χ3v) is 6.58. The first kappa shape index (κ1) is 20.9. The van der Waals surface area contributed by atoms with E-state index in [2.05, 4.69) is 37.7 Å². The first-order chi connectivity index (χ1) is 15.5. The highest BCUT2D eigenvalue weighted by atomic mass is 16.5. The minimum Gasteiger partial charge on any atom is -0.465 e. The molecule has 3 aromatic rings. The van der Waals surface area contributed by atoms with Crippen molar-refractivity contribution < 1.29 is 13.9 Å². The molecule has 5 rings (SSSR count). The van der Waals surface area contributed by atoms with Gasteiger partial charge in [0.05, 0.1) is 25.3 Å². The lowest BCUT2D eigenvalue weighted by molar-refractivity contribution is -0.174. The summed E-state index contributed by atoms with van der Waals surface area (Å²) in [5.74, 6) is 2.79. The Morgan fingerprint density at radius 3 is 2.78 bits per heavy atom. The molecule has 1 fully saturated rings. The SMILES string of the molecule is Cc1cc(CN2CCC3(CC2)O[C@@H](C(=O)NCc2ccccn2)Cn2ccnc23)oc1C. The van der Waals surface area contributed by atoms with Gasteiger partial charge in [0.25, 0.3) is 5.91 Å². The van der Waals surface area contributed by atoms with Crippen LogP contribution in [-0.4, -0.2) is 44.5 Å². The maximum Gasteiger partial charge on any atom is 0.251 e. The number of nitrogens with zero attached hydrogens (tertiary/aromatic N) is 4. The normalized spacial score (nSPS) is 20.2. The summed E-state index contributed by atoms with van der Waals surface area (Å²) in [6.07, 6.45) is 6.49. The molecule has 1 atom stereocenters. The van der Waals surface area contributed by atoms with E-state index in [4.69, 9.17) is 9.15 Å². The number of rotatable bonds is 5. The van der Waals surface area contributed by atoms with E-state index in [1.165, 1.54) is 5.56 Å². The summed E-state index contributed by atoms with van der Waals surface area (Å²) in [5.41, 5.74) is 1.47. The minimum absolute atomic E-state index is 0.113. The molecule has 1 saturated heterocycles. The van der Waals surface area contributed by atoms with E-state index < -0.39 is 11.7 Å². The Balaban J connectivity index is 1.26. The predicted octanol–water partition coefficient (Wildman–Crippen LogP) is 2.69. The molecule has 5 heterocycles. The number of nitrogens with one attached hydrogen (secondary N) is 1. The Labute approximate surface area is 187 Å². The van der Waals surface area contributed by atoms with Crippen LogP contribution in [0, 0.1) is 13.8 Å². The minimum atomic E-state index is -0.553. The molecule has 0 unspecified atom stereocenters. The molecule has 0 aromatic carbocycles. The number of carbonyl (C=O) groups is 1. The maximum atomic E-state index is 12.9. The van der Waals surface area contributed by atoms with Crippen LogP contribution in [0.4, 0.5) is 0 Å². The number of hydrogen-bond donors (Lipinski definition) is 1. The molecular weight excluding hydrogens is 406 g/mol. The topological polar surface area (TPSA) is 85.4 Å². The molecule has 1 spiro atoms. The second kappa shape index (κ2) is 8.52. The summed E-state index contributed by atoms with van der Waals surface area (Å²) in [4.78, 5) is 24.2. The molecular formula is C24H29N5O3. The van der Waals surface area contributed by atoms with Crippen molar-refractivity contribution in [1.29, 1.82) is 0 Å². The van der Waals surface area contributed by atoms with Crippen molar-refractivity contribution in [1.82, 2.24) is 24.8 Å². The van der Waals surface area contributed by atoms with Gasteiger partial charge in [0.2, 0.25) is 0 Å². The van der Waals surface area contributed by atoms with E-state index in [0.29, 0.717) is 13.1 Å². The van der Waals surface area contributed by atoms with Crippen LogP contribution in [0.3, 0.4) is 0 Å². The van der Waals surface area contributed by atoms with Crippen LogP contribution in [0.1, 0.15) is 41.4 Å². The van der Waals surface area contributed by atoms with Gasteiger partial charge in [0, 0.05) is 31.7 Å². The molecule has 0 radical (unpaired) electrons. The number of amides is 1. The highest BCUT2D eigenvalue weighted by Gasteiger charge is 2.47. The number of hydrogen-bond acceptors (Lipinski definition) is 6. The van der Waals surface area contributed by atoms with Crippen LogP contribution >= 0.6 is 0 Å². The first-order valence-electron chi connectivity index (χ1n) is 11.2. The molecule has 32 heavy (non-hydrogen) atoms. The largest absolute Gasteiger partial charge is 0.465 e. The smallest absolute Gasteiger partial charge is 0.251 e. The lowest BCUT2D eigenvalue weighted by Gasteiger charge is -2.45. The fourth-order valence-electron chi connectivity index (χ4n) is 4.69. The second-order valence-electron chi connectivity index (χ2n) is 8.77. The Morgan fingerprint density at radius 1 is 1.22 bits per heavy atom. The number of aryl methyl sites for hydroxylation is 2. The van der Waals surface area contributed by atoms with Crippen molar-refractivity contribution in [3.05, 3.63) is 71.5 Å².